The van der Waals surface area contributed by atoms with Crippen molar-refractivity contribution in [3.05, 3.63) is 12.7 Å². The molecule has 0 atom stereocenters. The lowest BCUT2D eigenvalue weighted by Gasteiger charge is -2.15. The van der Waals surface area contributed by atoms with E-state index in [-0.39, 0.29) is 13.0 Å². The van der Waals surface area contributed by atoms with Gasteiger partial charge in [-0.1, -0.05) is 12.7 Å². The Morgan fingerprint density at radius 2 is 2.18 bits per heavy atom. The number of rotatable bonds is 9. The molecule has 6 heteroatoms. The molecule has 0 aromatic carbocycles. The minimum atomic E-state index is -0.787. The van der Waals surface area contributed by atoms with E-state index in [2.05, 4.69) is 11.9 Å². The van der Waals surface area contributed by atoms with E-state index in [0.717, 1.165) is 0 Å². The molecular formula is C11H20N2O4. The molecule has 0 saturated heterocycles. The molecule has 1 amide bonds. The second-order valence-electron chi connectivity index (χ2n) is 3.61. The summed E-state index contributed by atoms with van der Waals surface area (Å²) in [5, 5.41) is 11.0. The highest BCUT2D eigenvalue weighted by Gasteiger charge is 2.03. The normalized spacial score (nSPS) is 10.0. The number of carbonyl (C=O) groups is 2. The number of ether oxygens (including phenoxy) is 1. The number of nitrogens with zero attached hydrogens (tertiary/aromatic N) is 1. The van der Waals surface area contributed by atoms with E-state index in [1.165, 1.54) is 6.08 Å². The third kappa shape index (κ3) is 10.7. The van der Waals surface area contributed by atoms with Gasteiger partial charge < -0.3 is 20.1 Å². The fourth-order valence-electron chi connectivity index (χ4n) is 1.15. The Kier molecular flexibility index (Phi) is 8.77. The van der Waals surface area contributed by atoms with Gasteiger partial charge in [0.2, 0.25) is 0 Å². The van der Waals surface area contributed by atoms with Crippen LogP contribution < -0.4 is 5.32 Å². The van der Waals surface area contributed by atoms with E-state index in [0.29, 0.717) is 26.1 Å². The molecule has 0 unspecified atom stereocenters. The van der Waals surface area contributed by atoms with Gasteiger partial charge in [-0.3, -0.25) is 4.79 Å². The maximum absolute atomic E-state index is 11.0. The first kappa shape index (κ1) is 15.4. The number of hydrogen-bond acceptors (Lipinski definition) is 4. The number of aliphatic carboxylic acids is 1. The van der Waals surface area contributed by atoms with Crippen molar-refractivity contribution < 1.29 is 19.4 Å². The van der Waals surface area contributed by atoms with Gasteiger partial charge in [-0.15, -0.1) is 0 Å². The molecule has 0 aromatic rings. The standard InChI is InChI=1S/C11H20N2O4/c1-3-9-17-11(16)12-6-8-13(2)7-4-5-10(14)15/h3H,1,4-9H2,2H3,(H,12,16)(H,14,15). The second kappa shape index (κ2) is 9.65. The fraction of sp³-hybridized carbons (Fsp3) is 0.636. The Morgan fingerprint density at radius 1 is 1.47 bits per heavy atom. The number of carboxylic acids is 1. The summed E-state index contributed by atoms with van der Waals surface area (Å²) in [5.41, 5.74) is 0. The highest BCUT2D eigenvalue weighted by molar-refractivity contribution is 5.67. The SMILES string of the molecule is C=CCOC(=O)NCCN(C)CCCC(=O)O. The zero-order valence-corrected chi connectivity index (χ0v) is 10.1. The van der Waals surface area contributed by atoms with Crippen molar-refractivity contribution in [2.45, 2.75) is 12.8 Å². The van der Waals surface area contributed by atoms with E-state index >= 15 is 0 Å². The van der Waals surface area contributed by atoms with Crippen LogP contribution in [0.3, 0.4) is 0 Å². The molecule has 0 radical (unpaired) electrons. The molecule has 0 spiro atoms. The van der Waals surface area contributed by atoms with E-state index in [1.54, 1.807) is 0 Å². The lowest BCUT2D eigenvalue weighted by Crippen LogP contribution is -2.33. The number of amides is 1. The molecular weight excluding hydrogens is 224 g/mol. The number of alkyl carbamates (subject to hydrolysis) is 1. The van der Waals surface area contributed by atoms with Crippen LogP contribution in [0.1, 0.15) is 12.8 Å². The first-order valence-electron chi connectivity index (χ1n) is 5.48. The average Bonchev–Trinajstić information content (AvgIpc) is 2.25. The zero-order chi connectivity index (χ0) is 13.1. The van der Waals surface area contributed by atoms with Crippen LogP contribution >= 0.6 is 0 Å². The predicted octanol–water partition coefficient (Wildman–Crippen LogP) is 0.695. The second-order valence-corrected chi connectivity index (χ2v) is 3.61. The van der Waals surface area contributed by atoms with E-state index in [1.807, 2.05) is 11.9 Å². The zero-order valence-electron chi connectivity index (χ0n) is 10.1. The van der Waals surface area contributed by atoms with Crippen molar-refractivity contribution in [2.75, 3.05) is 33.3 Å². The molecule has 0 fully saturated rings. The minimum Gasteiger partial charge on any atom is -0.481 e. The Hall–Kier alpha value is -1.56. The number of nitrogens with one attached hydrogen (secondary N) is 1. The topological polar surface area (TPSA) is 78.9 Å². The first-order valence-corrected chi connectivity index (χ1v) is 5.48. The van der Waals surface area contributed by atoms with Crippen molar-refractivity contribution in [3.63, 3.8) is 0 Å². The smallest absolute Gasteiger partial charge is 0.407 e. The maximum atomic E-state index is 11.0. The van der Waals surface area contributed by atoms with Crippen molar-refractivity contribution in [1.82, 2.24) is 10.2 Å². The third-order valence-electron chi connectivity index (χ3n) is 2.03. The molecule has 0 heterocycles. The van der Waals surface area contributed by atoms with Gasteiger partial charge in [0, 0.05) is 19.5 Å². The molecule has 0 aliphatic carbocycles. The molecule has 0 aromatic heterocycles. The predicted molar refractivity (Wildman–Crippen MR) is 63.9 cm³/mol. The highest BCUT2D eigenvalue weighted by Crippen LogP contribution is 1.92. The summed E-state index contributed by atoms with van der Waals surface area (Å²) in [6.45, 7) is 5.44. The molecule has 0 bridgehead atoms. The molecule has 0 aliphatic heterocycles. The van der Waals surface area contributed by atoms with Crippen LogP contribution in [0.5, 0.6) is 0 Å². The summed E-state index contributed by atoms with van der Waals surface area (Å²) in [6.07, 6.45) is 1.80. The maximum Gasteiger partial charge on any atom is 0.407 e. The summed E-state index contributed by atoms with van der Waals surface area (Å²) in [5.74, 6) is -0.787. The van der Waals surface area contributed by atoms with Crippen LogP contribution in [0.25, 0.3) is 0 Å². The van der Waals surface area contributed by atoms with Gasteiger partial charge in [0.25, 0.3) is 0 Å². The van der Waals surface area contributed by atoms with Crippen LogP contribution in [-0.4, -0.2) is 55.4 Å². The van der Waals surface area contributed by atoms with E-state index < -0.39 is 12.1 Å². The fourth-order valence-corrected chi connectivity index (χ4v) is 1.15. The van der Waals surface area contributed by atoms with Crippen LogP contribution in [0.2, 0.25) is 0 Å². The van der Waals surface area contributed by atoms with Crippen LogP contribution in [-0.2, 0) is 9.53 Å². The van der Waals surface area contributed by atoms with Crippen molar-refractivity contribution in [1.29, 1.82) is 0 Å². The lowest BCUT2D eigenvalue weighted by molar-refractivity contribution is -0.137. The molecule has 2 N–H and O–H groups in total. The van der Waals surface area contributed by atoms with Crippen LogP contribution in [0, 0.1) is 0 Å². The minimum absolute atomic E-state index is 0.166. The van der Waals surface area contributed by atoms with Gasteiger partial charge in [-0.2, -0.15) is 0 Å². The Labute approximate surface area is 101 Å². The lowest BCUT2D eigenvalue weighted by atomic mass is 10.3. The average molecular weight is 244 g/mol. The number of likely N-dealkylation sites (N-methyl/N-ethyl adjacent to an activating group) is 1. The van der Waals surface area contributed by atoms with Gasteiger partial charge in [-0.05, 0) is 20.0 Å². The number of carboxylic acid groups (broad SMARTS) is 1. The Bertz CT molecular complexity index is 256. The Morgan fingerprint density at radius 3 is 2.76 bits per heavy atom. The number of carbonyl (C=O) groups excluding carboxylic acids is 1. The number of hydrogen-bond donors (Lipinski definition) is 2. The van der Waals surface area contributed by atoms with Crippen molar-refractivity contribution in [2.24, 2.45) is 0 Å². The summed E-state index contributed by atoms with van der Waals surface area (Å²) < 4.78 is 4.72. The molecule has 98 valence electrons. The van der Waals surface area contributed by atoms with Gasteiger partial charge in [-0.25, -0.2) is 4.79 Å². The Balaban J connectivity index is 3.43. The van der Waals surface area contributed by atoms with Crippen molar-refractivity contribution in [3.8, 4) is 0 Å². The summed E-state index contributed by atoms with van der Waals surface area (Å²) in [7, 11) is 1.87. The largest absolute Gasteiger partial charge is 0.481 e. The summed E-state index contributed by atoms with van der Waals surface area (Å²) in [4.78, 5) is 23.2. The third-order valence-corrected chi connectivity index (χ3v) is 2.03. The molecule has 17 heavy (non-hydrogen) atoms. The van der Waals surface area contributed by atoms with E-state index in [9.17, 15) is 9.59 Å². The van der Waals surface area contributed by atoms with Gasteiger partial charge in [0.15, 0.2) is 0 Å². The van der Waals surface area contributed by atoms with Crippen molar-refractivity contribution >= 4 is 12.1 Å². The molecule has 0 rings (SSSR count). The first-order chi connectivity index (χ1) is 8.06. The van der Waals surface area contributed by atoms with E-state index in [4.69, 9.17) is 9.84 Å². The van der Waals surface area contributed by atoms with Crippen LogP contribution in [0.15, 0.2) is 12.7 Å². The van der Waals surface area contributed by atoms with Crippen LogP contribution in [0.4, 0.5) is 4.79 Å². The summed E-state index contributed by atoms with van der Waals surface area (Å²) >= 11 is 0. The van der Waals surface area contributed by atoms with Gasteiger partial charge in [0.1, 0.15) is 6.61 Å². The summed E-state index contributed by atoms with van der Waals surface area (Å²) in [6, 6.07) is 0. The quantitative estimate of drug-likeness (QED) is 0.583. The molecule has 0 aliphatic rings. The molecule has 0 saturated carbocycles. The van der Waals surface area contributed by atoms with Gasteiger partial charge >= 0.3 is 12.1 Å². The molecule has 6 nitrogen and oxygen atoms in total. The highest BCUT2D eigenvalue weighted by atomic mass is 16.5. The van der Waals surface area contributed by atoms with Gasteiger partial charge in [0.05, 0.1) is 0 Å². The monoisotopic (exact) mass is 244 g/mol.